The summed E-state index contributed by atoms with van der Waals surface area (Å²) in [5.74, 6) is -0.250. The van der Waals surface area contributed by atoms with Crippen LogP contribution in [0.1, 0.15) is 24.1 Å². The summed E-state index contributed by atoms with van der Waals surface area (Å²) in [7, 11) is 0. The van der Waals surface area contributed by atoms with Crippen LogP contribution in [-0.4, -0.2) is 28.6 Å². The molecule has 0 amide bonds. The molecule has 1 aliphatic rings. The molecule has 1 aliphatic heterocycles. The number of hydrogen-bond donors (Lipinski definition) is 1. The van der Waals surface area contributed by atoms with Gasteiger partial charge < -0.3 is 10.0 Å². The molecule has 2 rings (SSSR count). The van der Waals surface area contributed by atoms with Crippen molar-refractivity contribution in [3.8, 4) is 6.07 Å². The SMILES string of the molecule is Cc1ccc(N2CCC[C@H]2C(=O)O)nc1C#N. The Morgan fingerprint density at radius 3 is 3.06 bits per heavy atom. The minimum atomic E-state index is -0.830. The van der Waals surface area contributed by atoms with E-state index in [1.54, 1.807) is 17.0 Å². The summed E-state index contributed by atoms with van der Waals surface area (Å²) in [6.45, 7) is 2.49. The van der Waals surface area contributed by atoms with Crippen LogP contribution in [0.5, 0.6) is 0 Å². The minimum Gasteiger partial charge on any atom is -0.480 e. The number of carboxylic acids is 1. The minimum absolute atomic E-state index is 0.360. The van der Waals surface area contributed by atoms with Crippen molar-refractivity contribution in [3.63, 3.8) is 0 Å². The van der Waals surface area contributed by atoms with Crippen LogP contribution in [0.4, 0.5) is 5.82 Å². The molecule has 0 aliphatic carbocycles. The predicted octanol–water partition coefficient (Wildman–Crippen LogP) is 1.32. The van der Waals surface area contributed by atoms with Gasteiger partial charge in [-0.05, 0) is 31.4 Å². The van der Waals surface area contributed by atoms with Crippen molar-refractivity contribution in [3.05, 3.63) is 23.4 Å². The second-order valence-electron chi connectivity index (χ2n) is 4.14. The fourth-order valence-corrected chi connectivity index (χ4v) is 2.09. The Balaban J connectivity index is 2.34. The van der Waals surface area contributed by atoms with E-state index >= 15 is 0 Å². The highest BCUT2D eigenvalue weighted by Crippen LogP contribution is 2.24. The third-order valence-electron chi connectivity index (χ3n) is 3.02. The monoisotopic (exact) mass is 231 g/mol. The molecule has 17 heavy (non-hydrogen) atoms. The van der Waals surface area contributed by atoms with Gasteiger partial charge in [0.05, 0.1) is 0 Å². The number of hydrogen-bond acceptors (Lipinski definition) is 4. The van der Waals surface area contributed by atoms with Crippen molar-refractivity contribution >= 4 is 11.8 Å². The van der Waals surface area contributed by atoms with E-state index in [9.17, 15) is 4.79 Å². The number of aromatic nitrogens is 1. The van der Waals surface area contributed by atoms with Gasteiger partial charge in [-0.3, -0.25) is 0 Å². The molecular weight excluding hydrogens is 218 g/mol. The number of aryl methyl sites for hydroxylation is 1. The normalized spacial score (nSPS) is 19.1. The van der Waals surface area contributed by atoms with Gasteiger partial charge in [-0.2, -0.15) is 5.26 Å². The highest BCUT2D eigenvalue weighted by Gasteiger charge is 2.31. The van der Waals surface area contributed by atoms with Crippen LogP contribution in [-0.2, 0) is 4.79 Å². The molecule has 0 saturated carbocycles. The van der Waals surface area contributed by atoms with E-state index in [0.29, 0.717) is 24.5 Å². The van der Waals surface area contributed by atoms with E-state index in [-0.39, 0.29) is 0 Å². The molecule has 0 bridgehead atoms. The number of carboxylic acid groups (broad SMARTS) is 1. The number of aliphatic carboxylic acids is 1. The Hall–Kier alpha value is -2.09. The summed E-state index contributed by atoms with van der Waals surface area (Å²) in [5, 5.41) is 18.0. The summed E-state index contributed by atoms with van der Waals surface area (Å²) in [5.41, 5.74) is 1.17. The van der Waals surface area contributed by atoms with Gasteiger partial charge >= 0.3 is 5.97 Å². The molecule has 5 heteroatoms. The van der Waals surface area contributed by atoms with Gasteiger partial charge in [0.25, 0.3) is 0 Å². The van der Waals surface area contributed by atoms with E-state index in [4.69, 9.17) is 10.4 Å². The highest BCUT2D eigenvalue weighted by atomic mass is 16.4. The van der Waals surface area contributed by atoms with Crippen molar-refractivity contribution in [2.75, 3.05) is 11.4 Å². The molecule has 1 N–H and O–H groups in total. The number of nitrogens with zero attached hydrogens (tertiary/aromatic N) is 3. The largest absolute Gasteiger partial charge is 0.480 e. The van der Waals surface area contributed by atoms with Gasteiger partial charge in [0.1, 0.15) is 23.6 Å². The van der Waals surface area contributed by atoms with Gasteiger partial charge in [0.15, 0.2) is 0 Å². The Bertz CT molecular complexity index is 493. The lowest BCUT2D eigenvalue weighted by molar-refractivity contribution is -0.138. The summed E-state index contributed by atoms with van der Waals surface area (Å²) >= 11 is 0. The number of anilines is 1. The molecule has 1 fully saturated rings. The first-order valence-electron chi connectivity index (χ1n) is 5.50. The summed E-state index contributed by atoms with van der Waals surface area (Å²) in [6, 6.07) is 5.08. The summed E-state index contributed by atoms with van der Waals surface area (Å²) < 4.78 is 0. The smallest absolute Gasteiger partial charge is 0.326 e. The standard InChI is InChI=1S/C12H13N3O2/c1-8-4-5-11(14-9(8)7-13)15-6-2-3-10(15)12(16)17/h4-5,10H,2-3,6H2,1H3,(H,16,17)/t10-/m0/s1. The van der Waals surface area contributed by atoms with Crippen LogP contribution >= 0.6 is 0 Å². The van der Waals surface area contributed by atoms with Crippen LogP contribution < -0.4 is 4.90 Å². The van der Waals surface area contributed by atoms with E-state index in [1.165, 1.54) is 0 Å². The molecule has 0 aromatic carbocycles. The van der Waals surface area contributed by atoms with Gasteiger partial charge in [-0.1, -0.05) is 6.07 Å². The molecule has 88 valence electrons. The zero-order chi connectivity index (χ0) is 12.4. The first-order valence-corrected chi connectivity index (χ1v) is 5.50. The first kappa shape index (κ1) is 11.4. The molecule has 0 spiro atoms. The fraction of sp³-hybridized carbons (Fsp3) is 0.417. The first-order chi connectivity index (χ1) is 8.13. The number of pyridine rings is 1. The van der Waals surface area contributed by atoms with Crippen molar-refractivity contribution in [1.82, 2.24) is 4.98 Å². The summed E-state index contributed by atoms with van der Waals surface area (Å²) in [6.07, 6.45) is 1.47. The zero-order valence-corrected chi connectivity index (χ0v) is 9.55. The molecule has 0 radical (unpaired) electrons. The zero-order valence-electron chi connectivity index (χ0n) is 9.55. The molecule has 2 heterocycles. The number of nitriles is 1. The van der Waals surface area contributed by atoms with Crippen LogP contribution in [0, 0.1) is 18.3 Å². The average Bonchev–Trinajstić information content (AvgIpc) is 2.78. The van der Waals surface area contributed by atoms with Crippen LogP contribution in [0.3, 0.4) is 0 Å². The van der Waals surface area contributed by atoms with Gasteiger partial charge in [-0.15, -0.1) is 0 Å². The fourth-order valence-electron chi connectivity index (χ4n) is 2.09. The number of carbonyl (C=O) groups is 1. The van der Waals surface area contributed by atoms with Crippen molar-refractivity contribution < 1.29 is 9.90 Å². The summed E-state index contributed by atoms with van der Waals surface area (Å²) in [4.78, 5) is 17.0. The molecule has 1 aromatic rings. The maximum atomic E-state index is 11.1. The van der Waals surface area contributed by atoms with E-state index in [1.807, 2.05) is 13.0 Å². The van der Waals surface area contributed by atoms with E-state index < -0.39 is 12.0 Å². The quantitative estimate of drug-likeness (QED) is 0.830. The average molecular weight is 231 g/mol. The van der Waals surface area contributed by atoms with E-state index in [2.05, 4.69) is 4.98 Å². The molecule has 1 atom stereocenters. The van der Waals surface area contributed by atoms with Gasteiger partial charge in [0, 0.05) is 6.54 Å². The maximum absolute atomic E-state index is 11.1. The Kier molecular flexibility index (Phi) is 2.96. The van der Waals surface area contributed by atoms with Gasteiger partial charge in [-0.25, -0.2) is 9.78 Å². The molecular formula is C12H13N3O2. The predicted molar refractivity (Wildman–Crippen MR) is 61.7 cm³/mol. The Labute approximate surface area is 99.3 Å². The van der Waals surface area contributed by atoms with Gasteiger partial charge in [0.2, 0.25) is 0 Å². The third-order valence-corrected chi connectivity index (χ3v) is 3.02. The second-order valence-corrected chi connectivity index (χ2v) is 4.14. The lowest BCUT2D eigenvalue weighted by atomic mass is 10.2. The molecule has 1 aromatic heterocycles. The second kappa shape index (κ2) is 4.42. The maximum Gasteiger partial charge on any atom is 0.326 e. The lowest BCUT2D eigenvalue weighted by Crippen LogP contribution is -2.36. The third kappa shape index (κ3) is 2.07. The highest BCUT2D eigenvalue weighted by molar-refractivity contribution is 5.78. The molecule has 1 saturated heterocycles. The van der Waals surface area contributed by atoms with E-state index in [0.717, 1.165) is 12.0 Å². The topological polar surface area (TPSA) is 77.2 Å². The van der Waals surface area contributed by atoms with Crippen LogP contribution in [0.2, 0.25) is 0 Å². The van der Waals surface area contributed by atoms with Crippen molar-refractivity contribution in [1.29, 1.82) is 5.26 Å². The van der Waals surface area contributed by atoms with Crippen LogP contribution in [0.15, 0.2) is 12.1 Å². The van der Waals surface area contributed by atoms with Crippen LogP contribution in [0.25, 0.3) is 0 Å². The van der Waals surface area contributed by atoms with Crippen molar-refractivity contribution in [2.45, 2.75) is 25.8 Å². The Morgan fingerprint density at radius 1 is 1.65 bits per heavy atom. The molecule has 0 unspecified atom stereocenters. The van der Waals surface area contributed by atoms with Crippen molar-refractivity contribution in [2.24, 2.45) is 0 Å². The molecule has 5 nitrogen and oxygen atoms in total. The number of rotatable bonds is 2. The Morgan fingerprint density at radius 2 is 2.41 bits per heavy atom. The lowest BCUT2D eigenvalue weighted by Gasteiger charge is -2.22.